The first kappa shape index (κ1) is 15.1. The summed E-state index contributed by atoms with van der Waals surface area (Å²) in [7, 11) is 0. The number of rotatable bonds is 2. The number of benzene rings is 1. The molecular formula is C16H19Cl2NO2. The summed E-state index contributed by atoms with van der Waals surface area (Å²) in [6.45, 7) is 5.20. The molecule has 5 heteroatoms. The van der Waals surface area contributed by atoms with Crippen LogP contribution in [-0.4, -0.2) is 36.9 Å². The molecule has 0 aromatic heterocycles. The molecule has 0 amide bonds. The average Bonchev–Trinajstić information content (AvgIpc) is 2.44. The molecule has 0 aliphatic carbocycles. The zero-order valence-electron chi connectivity index (χ0n) is 12.1. The van der Waals surface area contributed by atoms with Crippen LogP contribution in [0.2, 0.25) is 10.0 Å². The Hall–Kier alpha value is -0.770. The molecule has 3 nitrogen and oxygen atoms in total. The number of nitrogens with zero attached hydrogens (tertiary/aromatic N) is 1. The number of halogens is 2. The van der Waals surface area contributed by atoms with Crippen molar-refractivity contribution in [2.24, 2.45) is 5.41 Å². The molecule has 1 atom stereocenters. The van der Waals surface area contributed by atoms with Crippen molar-refractivity contribution in [1.82, 2.24) is 4.90 Å². The van der Waals surface area contributed by atoms with Crippen molar-refractivity contribution in [3.8, 4) is 5.75 Å². The van der Waals surface area contributed by atoms with Crippen LogP contribution in [0.25, 0.3) is 0 Å². The van der Waals surface area contributed by atoms with E-state index in [0.717, 1.165) is 19.6 Å². The number of fused-ring (bicyclic) bond motifs is 1. The standard InChI is InChI=1S/C16H19Cl2NO2/c1-16(9-19-5-3-2-4-6-19)10-21-14-12(15(16)20)7-11(17)8-13(14)18/h7-8H,2-6,9-10H2,1H3/t16-/m1/s1. The van der Waals surface area contributed by atoms with E-state index in [0.29, 0.717) is 28.0 Å². The van der Waals surface area contributed by atoms with Gasteiger partial charge in [-0.2, -0.15) is 0 Å². The molecule has 1 aromatic rings. The second-order valence-corrected chi connectivity index (χ2v) is 7.12. The van der Waals surface area contributed by atoms with Gasteiger partial charge >= 0.3 is 0 Å². The minimum Gasteiger partial charge on any atom is -0.490 e. The predicted octanol–water partition coefficient (Wildman–Crippen LogP) is 4.06. The highest BCUT2D eigenvalue weighted by Crippen LogP contribution is 2.41. The molecule has 21 heavy (non-hydrogen) atoms. The summed E-state index contributed by atoms with van der Waals surface area (Å²) in [5.74, 6) is 0.556. The van der Waals surface area contributed by atoms with E-state index in [1.165, 1.54) is 19.3 Å². The third-order valence-electron chi connectivity index (χ3n) is 4.36. The third kappa shape index (κ3) is 2.92. The Morgan fingerprint density at radius 1 is 1.24 bits per heavy atom. The van der Waals surface area contributed by atoms with Crippen molar-refractivity contribution in [2.45, 2.75) is 26.2 Å². The normalized spacial score (nSPS) is 26.3. The highest BCUT2D eigenvalue weighted by molar-refractivity contribution is 6.36. The Morgan fingerprint density at radius 3 is 2.67 bits per heavy atom. The molecule has 2 aliphatic rings. The summed E-state index contributed by atoms with van der Waals surface area (Å²) in [5.41, 5.74) is -0.0171. The van der Waals surface area contributed by atoms with E-state index >= 15 is 0 Å². The maximum atomic E-state index is 12.9. The van der Waals surface area contributed by atoms with Gasteiger partial charge in [0.05, 0.1) is 16.0 Å². The smallest absolute Gasteiger partial charge is 0.177 e. The number of ether oxygens (including phenoxy) is 1. The molecule has 0 radical (unpaired) electrons. The Labute approximate surface area is 135 Å². The van der Waals surface area contributed by atoms with Gasteiger partial charge in [0.25, 0.3) is 0 Å². The van der Waals surface area contributed by atoms with Crippen LogP contribution in [0.15, 0.2) is 12.1 Å². The van der Waals surface area contributed by atoms with Crippen LogP contribution < -0.4 is 4.74 Å². The molecule has 0 unspecified atom stereocenters. The summed E-state index contributed by atoms with van der Waals surface area (Å²) < 4.78 is 5.80. The van der Waals surface area contributed by atoms with Gasteiger partial charge in [0.2, 0.25) is 0 Å². The van der Waals surface area contributed by atoms with Gasteiger partial charge in [0, 0.05) is 11.6 Å². The first-order chi connectivity index (χ1) is 9.99. The zero-order chi connectivity index (χ0) is 15.0. The summed E-state index contributed by atoms with van der Waals surface area (Å²) in [6, 6.07) is 3.28. The first-order valence-corrected chi connectivity index (χ1v) is 8.14. The molecule has 2 aliphatic heterocycles. The Kier molecular flexibility index (Phi) is 4.17. The monoisotopic (exact) mass is 327 g/mol. The third-order valence-corrected chi connectivity index (χ3v) is 4.86. The quantitative estimate of drug-likeness (QED) is 0.820. The molecule has 3 rings (SSSR count). The van der Waals surface area contributed by atoms with E-state index in [4.69, 9.17) is 27.9 Å². The number of carbonyl (C=O) groups excluding carboxylic acids is 1. The van der Waals surface area contributed by atoms with E-state index in [2.05, 4.69) is 4.90 Å². The van der Waals surface area contributed by atoms with Crippen LogP contribution in [0.5, 0.6) is 5.75 Å². The minimum atomic E-state index is -0.529. The lowest BCUT2D eigenvalue weighted by Crippen LogP contribution is -2.48. The van der Waals surface area contributed by atoms with Crippen molar-refractivity contribution in [2.75, 3.05) is 26.2 Å². The summed E-state index contributed by atoms with van der Waals surface area (Å²) >= 11 is 12.2. The van der Waals surface area contributed by atoms with Crippen LogP contribution in [0.4, 0.5) is 0 Å². The molecule has 0 N–H and O–H groups in total. The van der Waals surface area contributed by atoms with Crippen molar-refractivity contribution >= 4 is 29.0 Å². The van der Waals surface area contributed by atoms with E-state index in [1.54, 1.807) is 12.1 Å². The van der Waals surface area contributed by atoms with Crippen LogP contribution >= 0.6 is 23.2 Å². The Bertz CT molecular complexity index is 570. The number of carbonyl (C=O) groups is 1. The number of ketones is 1. The van der Waals surface area contributed by atoms with Crippen molar-refractivity contribution < 1.29 is 9.53 Å². The number of hydrogen-bond acceptors (Lipinski definition) is 3. The predicted molar refractivity (Wildman–Crippen MR) is 84.7 cm³/mol. The Morgan fingerprint density at radius 2 is 1.95 bits per heavy atom. The summed E-state index contributed by atoms with van der Waals surface area (Å²) in [5, 5.41) is 0.879. The highest BCUT2D eigenvalue weighted by atomic mass is 35.5. The SMILES string of the molecule is C[C@@]1(CN2CCCCC2)COc2c(Cl)cc(Cl)cc2C1=O. The second-order valence-electron chi connectivity index (χ2n) is 6.28. The van der Waals surface area contributed by atoms with Gasteiger partial charge in [0.1, 0.15) is 12.4 Å². The summed E-state index contributed by atoms with van der Waals surface area (Å²) in [4.78, 5) is 15.3. The molecule has 1 aromatic carbocycles. The van der Waals surface area contributed by atoms with Crippen molar-refractivity contribution in [3.05, 3.63) is 27.7 Å². The topological polar surface area (TPSA) is 29.5 Å². The number of Topliss-reactive ketones (excluding diaryl/α,β-unsaturated/α-hetero) is 1. The summed E-state index contributed by atoms with van der Waals surface area (Å²) in [6.07, 6.45) is 3.70. The molecule has 2 heterocycles. The fourth-order valence-corrected chi connectivity index (χ4v) is 3.77. The maximum Gasteiger partial charge on any atom is 0.177 e. The van der Waals surface area contributed by atoms with E-state index < -0.39 is 5.41 Å². The van der Waals surface area contributed by atoms with Gasteiger partial charge in [-0.05, 0) is 45.0 Å². The fourth-order valence-electron chi connectivity index (χ4n) is 3.23. The van der Waals surface area contributed by atoms with Crippen LogP contribution in [0.1, 0.15) is 36.5 Å². The van der Waals surface area contributed by atoms with Crippen LogP contribution in [0, 0.1) is 5.41 Å². The van der Waals surface area contributed by atoms with Gasteiger partial charge < -0.3 is 9.64 Å². The lowest BCUT2D eigenvalue weighted by Gasteiger charge is -2.39. The molecule has 0 spiro atoms. The highest BCUT2D eigenvalue weighted by Gasteiger charge is 2.42. The van der Waals surface area contributed by atoms with Gasteiger partial charge in [0.15, 0.2) is 5.78 Å². The Balaban J connectivity index is 1.86. The lowest BCUT2D eigenvalue weighted by molar-refractivity contribution is 0.0495. The lowest BCUT2D eigenvalue weighted by atomic mass is 9.80. The molecule has 114 valence electrons. The van der Waals surface area contributed by atoms with E-state index in [9.17, 15) is 4.79 Å². The molecular weight excluding hydrogens is 309 g/mol. The number of hydrogen-bond donors (Lipinski definition) is 0. The molecule has 1 fully saturated rings. The second kappa shape index (κ2) is 5.79. The minimum absolute atomic E-state index is 0.0822. The number of likely N-dealkylation sites (tertiary alicyclic amines) is 1. The van der Waals surface area contributed by atoms with Crippen molar-refractivity contribution in [3.63, 3.8) is 0 Å². The van der Waals surface area contributed by atoms with Gasteiger partial charge in [-0.25, -0.2) is 0 Å². The first-order valence-electron chi connectivity index (χ1n) is 7.39. The van der Waals surface area contributed by atoms with Gasteiger partial charge in [-0.3, -0.25) is 4.79 Å². The zero-order valence-corrected chi connectivity index (χ0v) is 13.6. The van der Waals surface area contributed by atoms with Crippen LogP contribution in [0.3, 0.4) is 0 Å². The number of piperidine rings is 1. The van der Waals surface area contributed by atoms with E-state index in [-0.39, 0.29) is 5.78 Å². The molecule has 1 saturated heterocycles. The fraction of sp³-hybridized carbons (Fsp3) is 0.562. The average molecular weight is 328 g/mol. The van der Waals surface area contributed by atoms with E-state index in [1.807, 2.05) is 6.92 Å². The van der Waals surface area contributed by atoms with Gasteiger partial charge in [-0.15, -0.1) is 0 Å². The molecule has 0 bridgehead atoms. The molecule has 0 saturated carbocycles. The largest absolute Gasteiger partial charge is 0.490 e. The van der Waals surface area contributed by atoms with Crippen LogP contribution in [-0.2, 0) is 0 Å². The van der Waals surface area contributed by atoms with Crippen molar-refractivity contribution in [1.29, 1.82) is 0 Å². The maximum absolute atomic E-state index is 12.9. The van der Waals surface area contributed by atoms with Gasteiger partial charge in [-0.1, -0.05) is 29.6 Å².